The van der Waals surface area contributed by atoms with E-state index in [2.05, 4.69) is 12.1 Å². The third-order valence-corrected chi connectivity index (χ3v) is 5.99. The van der Waals surface area contributed by atoms with Crippen molar-refractivity contribution in [3.8, 4) is 5.75 Å². The molecule has 2 bridgehead atoms. The van der Waals surface area contributed by atoms with E-state index in [-0.39, 0.29) is 24.1 Å². The van der Waals surface area contributed by atoms with Gasteiger partial charge in [0, 0.05) is 18.8 Å². The first-order chi connectivity index (χ1) is 13.8. The molecule has 0 radical (unpaired) electrons. The van der Waals surface area contributed by atoms with Crippen molar-refractivity contribution in [2.75, 3.05) is 19.8 Å². The van der Waals surface area contributed by atoms with Gasteiger partial charge >= 0.3 is 6.09 Å². The normalized spacial score (nSPS) is 25.9. The van der Waals surface area contributed by atoms with Gasteiger partial charge in [-0.1, -0.05) is 12.1 Å². The Labute approximate surface area is 172 Å². The van der Waals surface area contributed by atoms with Gasteiger partial charge in [0.05, 0.1) is 31.9 Å². The van der Waals surface area contributed by atoms with Crippen molar-refractivity contribution < 1.29 is 23.8 Å². The van der Waals surface area contributed by atoms with Gasteiger partial charge in [0.2, 0.25) is 0 Å². The van der Waals surface area contributed by atoms with Gasteiger partial charge < -0.3 is 14.2 Å². The molecule has 2 saturated heterocycles. The van der Waals surface area contributed by atoms with Crippen molar-refractivity contribution in [3.63, 3.8) is 0 Å². The molecular formula is C23H31NO5. The Hall–Kier alpha value is -2.08. The van der Waals surface area contributed by atoms with E-state index < -0.39 is 5.60 Å². The van der Waals surface area contributed by atoms with Crippen molar-refractivity contribution in [1.82, 2.24) is 4.90 Å². The number of carbonyl (C=O) groups is 2. The van der Waals surface area contributed by atoms with Crippen LogP contribution in [-0.2, 0) is 27.1 Å². The maximum Gasteiger partial charge on any atom is 0.410 e. The first kappa shape index (κ1) is 20.2. The molecule has 3 aliphatic rings. The molecule has 3 aliphatic heterocycles. The van der Waals surface area contributed by atoms with Crippen LogP contribution in [0.5, 0.6) is 5.75 Å². The number of benzene rings is 1. The highest BCUT2D eigenvalue weighted by Crippen LogP contribution is 2.34. The fraction of sp³-hybridized carbons (Fsp3) is 0.652. The summed E-state index contributed by atoms with van der Waals surface area (Å²) in [6.45, 7) is 7.32. The summed E-state index contributed by atoms with van der Waals surface area (Å²) in [6, 6.07) is 6.09. The van der Waals surface area contributed by atoms with Crippen LogP contribution in [-0.4, -0.2) is 54.3 Å². The maximum atomic E-state index is 12.9. The number of amides is 1. The van der Waals surface area contributed by atoms with E-state index in [9.17, 15) is 9.59 Å². The lowest BCUT2D eigenvalue weighted by Gasteiger charge is -2.47. The molecular weight excluding hydrogens is 370 g/mol. The Kier molecular flexibility index (Phi) is 5.56. The molecule has 6 nitrogen and oxygen atoms in total. The van der Waals surface area contributed by atoms with Crippen molar-refractivity contribution in [3.05, 3.63) is 29.3 Å². The Balaban J connectivity index is 1.35. The second kappa shape index (κ2) is 7.98. The first-order valence-electron chi connectivity index (χ1n) is 10.7. The average Bonchev–Trinajstić information content (AvgIpc) is 3.11. The summed E-state index contributed by atoms with van der Waals surface area (Å²) in [6.07, 6.45) is 3.27. The lowest BCUT2D eigenvalue weighted by molar-refractivity contribution is -0.132. The van der Waals surface area contributed by atoms with Crippen molar-refractivity contribution in [1.29, 1.82) is 0 Å². The Bertz CT molecular complexity index is 770. The Morgan fingerprint density at radius 1 is 1.17 bits per heavy atom. The maximum absolute atomic E-state index is 12.9. The summed E-state index contributed by atoms with van der Waals surface area (Å²) in [5.41, 5.74) is 1.91. The van der Waals surface area contributed by atoms with E-state index >= 15 is 0 Å². The van der Waals surface area contributed by atoms with Crippen LogP contribution in [0.4, 0.5) is 4.79 Å². The number of piperidine rings is 1. The van der Waals surface area contributed by atoms with Crippen LogP contribution < -0.4 is 4.74 Å². The SMILES string of the molecule is CC(C)(C)OC(=O)N1C2COCC1CC(C(=O)CCc1ccc3c(c1)CCO3)C2. The lowest BCUT2D eigenvalue weighted by Crippen LogP contribution is -2.60. The number of rotatable bonds is 4. The molecule has 0 N–H and O–H groups in total. The summed E-state index contributed by atoms with van der Waals surface area (Å²) >= 11 is 0. The number of nitrogens with zero attached hydrogens (tertiary/aromatic N) is 1. The lowest BCUT2D eigenvalue weighted by atomic mass is 9.81. The van der Waals surface area contributed by atoms with Gasteiger partial charge in [-0.25, -0.2) is 4.79 Å². The van der Waals surface area contributed by atoms with Gasteiger partial charge in [-0.3, -0.25) is 9.69 Å². The van der Waals surface area contributed by atoms with Gasteiger partial charge in [0.25, 0.3) is 0 Å². The summed E-state index contributed by atoms with van der Waals surface area (Å²) in [5.74, 6) is 1.26. The van der Waals surface area contributed by atoms with Crippen LogP contribution >= 0.6 is 0 Å². The standard InChI is InChI=1S/C23H31NO5/c1-23(2,3)29-22(26)24-18-11-17(12-19(24)14-27-13-18)20(25)6-4-15-5-7-21-16(10-15)8-9-28-21/h5,7,10,17-19H,4,6,8-9,11-14H2,1-3H3. The molecule has 158 valence electrons. The minimum Gasteiger partial charge on any atom is -0.493 e. The number of aryl methyl sites for hydroxylation is 1. The predicted octanol–water partition coefficient (Wildman–Crippen LogP) is 3.54. The summed E-state index contributed by atoms with van der Waals surface area (Å²) in [5, 5.41) is 0. The van der Waals surface area contributed by atoms with E-state index in [0.717, 1.165) is 25.2 Å². The largest absolute Gasteiger partial charge is 0.493 e. The molecule has 0 spiro atoms. The molecule has 1 aromatic carbocycles. The smallest absolute Gasteiger partial charge is 0.410 e. The van der Waals surface area contributed by atoms with E-state index in [1.807, 2.05) is 31.7 Å². The van der Waals surface area contributed by atoms with Crippen LogP contribution in [0, 0.1) is 5.92 Å². The van der Waals surface area contributed by atoms with Gasteiger partial charge in [-0.2, -0.15) is 0 Å². The average molecular weight is 402 g/mol. The molecule has 2 fully saturated rings. The van der Waals surface area contributed by atoms with E-state index in [1.54, 1.807) is 0 Å². The van der Waals surface area contributed by atoms with Gasteiger partial charge in [0.1, 0.15) is 17.1 Å². The topological polar surface area (TPSA) is 65.1 Å². The monoisotopic (exact) mass is 401 g/mol. The number of carbonyl (C=O) groups excluding carboxylic acids is 2. The zero-order valence-corrected chi connectivity index (χ0v) is 17.6. The number of hydrogen-bond acceptors (Lipinski definition) is 5. The van der Waals surface area contributed by atoms with Gasteiger partial charge in [-0.05, 0) is 57.2 Å². The first-order valence-corrected chi connectivity index (χ1v) is 10.7. The summed E-state index contributed by atoms with van der Waals surface area (Å²) in [4.78, 5) is 27.4. The molecule has 0 saturated carbocycles. The van der Waals surface area contributed by atoms with Gasteiger partial charge in [-0.15, -0.1) is 0 Å². The van der Waals surface area contributed by atoms with Crippen LogP contribution in [0.25, 0.3) is 0 Å². The minimum atomic E-state index is -0.528. The van der Waals surface area contributed by atoms with Crippen LogP contribution in [0.15, 0.2) is 18.2 Å². The Morgan fingerprint density at radius 3 is 2.59 bits per heavy atom. The van der Waals surface area contributed by atoms with E-state index in [0.29, 0.717) is 38.3 Å². The Morgan fingerprint density at radius 2 is 1.90 bits per heavy atom. The summed E-state index contributed by atoms with van der Waals surface area (Å²) in [7, 11) is 0. The van der Waals surface area contributed by atoms with Crippen molar-refractivity contribution in [2.45, 2.75) is 70.6 Å². The second-order valence-electron chi connectivity index (χ2n) is 9.41. The van der Waals surface area contributed by atoms with Crippen LogP contribution in [0.2, 0.25) is 0 Å². The van der Waals surface area contributed by atoms with Crippen LogP contribution in [0.3, 0.4) is 0 Å². The number of Topliss-reactive ketones (excluding diaryl/α,β-unsaturated/α-hetero) is 1. The van der Waals surface area contributed by atoms with Crippen molar-refractivity contribution in [2.24, 2.45) is 5.92 Å². The third-order valence-electron chi connectivity index (χ3n) is 5.99. The molecule has 1 amide bonds. The highest BCUT2D eigenvalue weighted by atomic mass is 16.6. The third kappa shape index (κ3) is 4.58. The molecule has 1 aromatic rings. The molecule has 0 aromatic heterocycles. The zero-order chi connectivity index (χ0) is 20.6. The van der Waals surface area contributed by atoms with E-state index in [1.165, 1.54) is 11.1 Å². The number of ether oxygens (including phenoxy) is 3. The molecule has 4 rings (SSSR count). The highest BCUT2D eigenvalue weighted by Gasteiger charge is 2.44. The number of hydrogen-bond donors (Lipinski definition) is 0. The predicted molar refractivity (Wildman–Crippen MR) is 108 cm³/mol. The van der Waals surface area contributed by atoms with Crippen molar-refractivity contribution >= 4 is 11.9 Å². The number of fused-ring (bicyclic) bond motifs is 3. The number of ketones is 1. The fourth-order valence-corrected chi connectivity index (χ4v) is 4.66. The molecule has 2 unspecified atom stereocenters. The van der Waals surface area contributed by atoms with Crippen LogP contribution in [0.1, 0.15) is 51.2 Å². The zero-order valence-electron chi connectivity index (χ0n) is 17.6. The molecule has 6 heteroatoms. The van der Waals surface area contributed by atoms with E-state index in [4.69, 9.17) is 14.2 Å². The number of morpholine rings is 1. The fourth-order valence-electron chi connectivity index (χ4n) is 4.66. The minimum absolute atomic E-state index is 0.00894. The quantitative estimate of drug-likeness (QED) is 0.772. The molecule has 2 atom stereocenters. The molecule has 3 heterocycles. The summed E-state index contributed by atoms with van der Waals surface area (Å²) < 4.78 is 16.8. The second-order valence-corrected chi connectivity index (χ2v) is 9.41. The highest BCUT2D eigenvalue weighted by molar-refractivity contribution is 5.82. The molecule has 0 aliphatic carbocycles. The van der Waals surface area contributed by atoms with Gasteiger partial charge in [0.15, 0.2) is 0 Å². The molecule has 29 heavy (non-hydrogen) atoms.